The van der Waals surface area contributed by atoms with Gasteiger partial charge in [0.1, 0.15) is 11.3 Å². The van der Waals surface area contributed by atoms with Crippen LogP contribution in [0.4, 0.5) is 0 Å². The summed E-state index contributed by atoms with van der Waals surface area (Å²) in [6, 6.07) is 8.79. The highest BCUT2D eigenvalue weighted by Gasteiger charge is 2.03. The summed E-state index contributed by atoms with van der Waals surface area (Å²) < 4.78 is 10.4. The molecule has 1 aromatic carbocycles. The van der Waals surface area contributed by atoms with Gasteiger partial charge in [0.25, 0.3) is 0 Å². The second kappa shape index (κ2) is 4.87. The van der Waals surface area contributed by atoms with Crippen molar-refractivity contribution in [1.29, 1.82) is 0 Å². The van der Waals surface area contributed by atoms with Crippen molar-refractivity contribution in [2.24, 2.45) is 0 Å². The van der Waals surface area contributed by atoms with Gasteiger partial charge in [0.2, 0.25) is 0 Å². The van der Waals surface area contributed by atoms with Crippen molar-refractivity contribution in [3.63, 3.8) is 0 Å². The maximum Gasteiger partial charge on any atom is 0.336 e. The standard InChI is InChI=1S/C14H14O3/c1-3-4-12(16-2)10-5-7-13-11(9-10)6-8-14(15)17-13/h4-9H,3H2,1-2H3/b12-4-. The quantitative estimate of drug-likeness (QED) is 0.600. The van der Waals surface area contributed by atoms with E-state index in [2.05, 4.69) is 6.92 Å². The third-order valence-corrected chi connectivity index (χ3v) is 2.51. The molecule has 2 aromatic rings. The van der Waals surface area contributed by atoms with Crippen molar-refractivity contribution in [3.05, 3.63) is 52.4 Å². The van der Waals surface area contributed by atoms with E-state index in [1.54, 1.807) is 19.2 Å². The normalized spacial score (nSPS) is 11.8. The van der Waals surface area contributed by atoms with E-state index in [-0.39, 0.29) is 5.63 Å². The van der Waals surface area contributed by atoms with Gasteiger partial charge in [-0.25, -0.2) is 4.79 Å². The van der Waals surface area contributed by atoms with Crippen molar-refractivity contribution < 1.29 is 9.15 Å². The zero-order chi connectivity index (χ0) is 12.3. The molecule has 0 aliphatic heterocycles. The van der Waals surface area contributed by atoms with Crippen molar-refractivity contribution in [1.82, 2.24) is 0 Å². The Bertz CT molecular complexity index is 608. The fourth-order valence-corrected chi connectivity index (χ4v) is 1.73. The minimum Gasteiger partial charge on any atom is -0.496 e. The summed E-state index contributed by atoms with van der Waals surface area (Å²) in [6.07, 6.45) is 2.92. The summed E-state index contributed by atoms with van der Waals surface area (Å²) in [4.78, 5) is 11.1. The zero-order valence-electron chi connectivity index (χ0n) is 9.90. The van der Waals surface area contributed by atoms with E-state index < -0.39 is 0 Å². The van der Waals surface area contributed by atoms with Crippen molar-refractivity contribution >= 4 is 16.7 Å². The van der Waals surface area contributed by atoms with Crippen LogP contribution >= 0.6 is 0 Å². The molecule has 0 saturated carbocycles. The van der Waals surface area contributed by atoms with Gasteiger partial charge in [-0.3, -0.25) is 0 Å². The first-order valence-electron chi connectivity index (χ1n) is 5.53. The lowest BCUT2D eigenvalue weighted by Crippen LogP contribution is -1.95. The molecular formula is C14H14O3. The van der Waals surface area contributed by atoms with Crippen LogP contribution in [0.1, 0.15) is 18.9 Å². The lowest BCUT2D eigenvalue weighted by molar-refractivity contribution is 0.369. The topological polar surface area (TPSA) is 39.4 Å². The van der Waals surface area contributed by atoms with Gasteiger partial charge in [0.05, 0.1) is 7.11 Å². The zero-order valence-corrected chi connectivity index (χ0v) is 9.90. The summed E-state index contributed by atoms with van der Waals surface area (Å²) in [5.74, 6) is 0.834. The van der Waals surface area contributed by atoms with E-state index in [1.807, 2.05) is 18.2 Å². The van der Waals surface area contributed by atoms with Crippen molar-refractivity contribution in [3.8, 4) is 0 Å². The molecule has 3 nitrogen and oxygen atoms in total. The van der Waals surface area contributed by atoms with Crippen LogP contribution in [0, 0.1) is 0 Å². The molecule has 0 amide bonds. The fourth-order valence-electron chi connectivity index (χ4n) is 1.73. The van der Waals surface area contributed by atoms with E-state index in [9.17, 15) is 4.79 Å². The Labute approximate surface area is 99.3 Å². The Hall–Kier alpha value is -2.03. The predicted molar refractivity (Wildman–Crippen MR) is 67.8 cm³/mol. The number of allylic oxidation sites excluding steroid dienone is 1. The number of rotatable bonds is 3. The molecule has 1 aromatic heterocycles. The molecule has 0 bridgehead atoms. The SMILES string of the molecule is CC/C=C(\OC)c1ccc2oc(=O)ccc2c1. The Kier molecular flexibility index (Phi) is 3.28. The average molecular weight is 230 g/mol. The monoisotopic (exact) mass is 230 g/mol. The largest absolute Gasteiger partial charge is 0.496 e. The summed E-state index contributed by atoms with van der Waals surface area (Å²) >= 11 is 0. The maximum atomic E-state index is 11.1. The summed E-state index contributed by atoms with van der Waals surface area (Å²) in [7, 11) is 1.65. The average Bonchev–Trinajstić information content (AvgIpc) is 2.35. The molecule has 88 valence electrons. The molecule has 0 fully saturated rings. The second-order valence-corrected chi connectivity index (χ2v) is 3.69. The van der Waals surface area contributed by atoms with Crippen LogP contribution in [-0.2, 0) is 4.74 Å². The lowest BCUT2D eigenvalue weighted by atomic mass is 10.1. The summed E-state index contributed by atoms with van der Waals surface area (Å²) in [6.45, 7) is 2.05. The highest BCUT2D eigenvalue weighted by Crippen LogP contribution is 2.21. The van der Waals surface area contributed by atoms with Gasteiger partial charge < -0.3 is 9.15 Å². The van der Waals surface area contributed by atoms with Crippen LogP contribution in [0.5, 0.6) is 0 Å². The number of methoxy groups -OCH3 is 1. The van der Waals surface area contributed by atoms with Crippen LogP contribution < -0.4 is 5.63 Å². The molecule has 0 unspecified atom stereocenters. The molecule has 3 heteroatoms. The number of ether oxygens (including phenoxy) is 1. The van der Waals surface area contributed by atoms with Gasteiger partial charge in [-0.15, -0.1) is 0 Å². The Balaban J connectivity index is 2.54. The van der Waals surface area contributed by atoms with E-state index in [0.29, 0.717) is 5.58 Å². The first-order chi connectivity index (χ1) is 8.24. The Morgan fingerprint density at radius 2 is 2.18 bits per heavy atom. The summed E-state index contributed by atoms with van der Waals surface area (Å²) in [5.41, 5.74) is 1.24. The van der Waals surface area contributed by atoms with Crippen LogP contribution in [0.2, 0.25) is 0 Å². The van der Waals surface area contributed by atoms with E-state index in [0.717, 1.165) is 23.1 Å². The number of hydrogen-bond acceptors (Lipinski definition) is 3. The van der Waals surface area contributed by atoms with Gasteiger partial charge >= 0.3 is 5.63 Å². The van der Waals surface area contributed by atoms with Crippen LogP contribution in [0.15, 0.2) is 45.6 Å². The van der Waals surface area contributed by atoms with Gasteiger partial charge in [0, 0.05) is 17.0 Å². The highest BCUT2D eigenvalue weighted by atomic mass is 16.5. The Morgan fingerprint density at radius 3 is 2.88 bits per heavy atom. The molecule has 0 radical (unpaired) electrons. The first kappa shape index (κ1) is 11.5. The first-order valence-corrected chi connectivity index (χ1v) is 5.53. The van der Waals surface area contributed by atoms with Crippen molar-refractivity contribution in [2.45, 2.75) is 13.3 Å². The van der Waals surface area contributed by atoms with Crippen molar-refractivity contribution in [2.75, 3.05) is 7.11 Å². The number of hydrogen-bond donors (Lipinski definition) is 0. The molecule has 2 rings (SSSR count). The van der Waals surface area contributed by atoms with E-state index in [1.165, 1.54) is 6.07 Å². The van der Waals surface area contributed by atoms with Crippen LogP contribution in [-0.4, -0.2) is 7.11 Å². The summed E-state index contributed by atoms with van der Waals surface area (Å²) in [5, 5.41) is 0.890. The second-order valence-electron chi connectivity index (χ2n) is 3.69. The van der Waals surface area contributed by atoms with E-state index in [4.69, 9.17) is 9.15 Å². The fraction of sp³-hybridized carbons (Fsp3) is 0.214. The maximum absolute atomic E-state index is 11.1. The third kappa shape index (κ3) is 2.38. The molecule has 0 N–H and O–H groups in total. The number of fused-ring (bicyclic) bond motifs is 1. The predicted octanol–water partition coefficient (Wildman–Crippen LogP) is 3.19. The number of benzene rings is 1. The minimum absolute atomic E-state index is 0.332. The van der Waals surface area contributed by atoms with Gasteiger partial charge in [-0.1, -0.05) is 6.92 Å². The van der Waals surface area contributed by atoms with Crippen LogP contribution in [0.25, 0.3) is 16.7 Å². The smallest absolute Gasteiger partial charge is 0.336 e. The highest BCUT2D eigenvalue weighted by molar-refractivity contribution is 5.80. The molecule has 0 saturated heterocycles. The van der Waals surface area contributed by atoms with E-state index >= 15 is 0 Å². The molecule has 0 atom stereocenters. The molecular weight excluding hydrogens is 216 g/mol. The molecule has 0 aliphatic rings. The van der Waals surface area contributed by atoms with Gasteiger partial charge in [0.15, 0.2) is 0 Å². The molecule has 0 spiro atoms. The minimum atomic E-state index is -0.332. The van der Waals surface area contributed by atoms with Gasteiger partial charge in [-0.2, -0.15) is 0 Å². The molecule has 0 aliphatic carbocycles. The molecule has 1 heterocycles. The molecule has 17 heavy (non-hydrogen) atoms. The van der Waals surface area contributed by atoms with Gasteiger partial charge in [-0.05, 0) is 36.8 Å². The van der Waals surface area contributed by atoms with Crippen LogP contribution in [0.3, 0.4) is 0 Å². The third-order valence-electron chi connectivity index (χ3n) is 2.51. The Morgan fingerprint density at radius 1 is 1.35 bits per heavy atom. The lowest BCUT2D eigenvalue weighted by Gasteiger charge is -2.06.